The summed E-state index contributed by atoms with van der Waals surface area (Å²) in [5.41, 5.74) is 0. The molecule has 0 spiro atoms. The lowest BCUT2D eigenvalue weighted by molar-refractivity contribution is 0.107. The molecule has 0 saturated carbocycles. The average Bonchev–Trinajstić information content (AvgIpc) is 2.29. The van der Waals surface area contributed by atoms with E-state index in [0.29, 0.717) is 0 Å². The maximum Gasteiger partial charge on any atom is 0.0956 e. The van der Waals surface area contributed by atoms with Crippen molar-refractivity contribution in [3.05, 3.63) is 0 Å². The van der Waals surface area contributed by atoms with Gasteiger partial charge in [0, 0.05) is 26.2 Å². The van der Waals surface area contributed by atoms with Gasteiger partial charge in [-0.3, -0.25) is 9.80 Å². The van der Waals surface area contributed by atoms with Crippen molar-refractivity contribution < 1.29 is 10.2 Å². The van der Waals surface area contributed by atoms with Gasteiger partial charge in [-0.25, -0.2) is 0 Å². The first-order valence-electron chi connectivity index (χ1n) is 5.65. The SMILES string of the molecule is CCN(CO)CCNCCN(CC)CO. The van der Waals surface area contributed by atoms with Gasteiger partial charge < -0.3 is 15.5 Å². The molecule has 5 heteroatoms. The van der Waals surface area contributed by atoms with Crippen LogP contribution >= 0.6 is 0 Å². The third-order valence-corrected chi connectivity index (χ3v) is 2.50. The van der Waals surface area contributed by atoms with E-state index < -0.39 is 0 Å². The number of rotatable bonds is 10. The van der Waals surface area contributed by atoms with E-state index in [1.54, 1.807) is 0 Å². The van der Waals surface area contributed by atoms with Crippen LogP contribution < -0.4 is 5.32 Å². The average molecular weight is 219 g/mol. The number of nitrogens with one attached hydrogen (secondary N) is 1. The molecule has 0 atom stereocenters. The van der Waals surface area contributed by atoms with Gasteiger partial charge in [0.1, 0.15) is 0 Å². The number of hydrogen-bond acceptors (Lipinski definition) is 5. The summed E-state index contributed by atoms with van der Waals surface area (Å²) in [4.78, 5) is 3.91. The van der Waals surface area contributed by atoms with Gasteiger partial charge in [-0.1, -0.05) is 13.8 Å². The van der Waals surface area contributed by atoms with Crippen LogP contribution in [0.3, 0.4) is 0 Å². The van der Waals surface area contributed by atoms with Gasteiger partial charge in [0.25, 0.3) is 0 Å². The molecule has 0 aromatic heterocycles. The van der Waals surface area contributed by atoms with Gasteiger partial charge >= 0.3 is 0 Å². The molecular weight excluding hydrogens is 194 g/mol. The van der Waals surface area contributed by atoms with Crippen LogP contribution in [0.15, 0.2) is 0 Å². The zero-order valence-corrected chi connectivity index (χ0v) is 9.95. The lowest BCUT2D eigenvalue weighted by Crippen LogP contribution is -2.37. The fourth-order valence-corrected chi connectivity index (χ4v) is 1.26. The summed E-state index contributed by atoms with van der Waals surface area (Å²) in [7, 11) is 0. The molecular formula is C10H25N3O2. The van der Waals surface area contributed by atoms with E-state index >= 15 is 0 Å². The molecule has 0 aliphatic carbocycles. The first-order chi connectivity index (χ1) is 7.28. The van der Waals surface area contributed by atoms with E-state index in [1.165, 1.54) is 0 Å². The lowest BCUT2D eigenvalue weighted by Gasteiger charge is -2.19. The summed E-state index contributed by atoms with van der Waals surface area (Å²) in [6.45, 7) is 9.50. The minimum Gasteiger partial charge on any atom is -0.381 e. The highest BCUT2D eigenvalue weighted by Crippen LogP contribution is 1.84. The van der Waals surface area contributed by atoms with E-state index in [1.807, 2.05) is 23.6 Å². The molecule has 0 unspecified atom stereocenters. The molecule has 0 aliphatic rings. The first-order valence-corrected chi connectivity index (χ1v) is 5.65. The van der Waals surface area contributed by atoms with Crippen LogP contribution in [-0.4, -0.2) is 72.7 Å². The highest BCUT2D eigenvalue weighted by atomic mass is 16.3. The number of likely N-dealkylation sites (N-methyl/N-ethyl adjacent to an activating group) is 2. The summed E-state index contributed by atoms with van der Waals surface area (Å²) in [5, 5.41) is 21.1. The Hall–Kier alpha value is -0.200. The molecule has 5 nitrogen and oxygen atoms in total. The number of aliphatic hydroxyl groups is 2. The third kappa shape index (κ3) is 7.70. The van der Waals surface area contributed by atoms with Gasteiger partial charge in [-0.2, -0.15) is 0 Å². The molecule has 0 heterocycles. The topological polar surface area (TPSA) is 59.0 Å². The van der Waals surface area contributed by atoms with Gasteiger partial charge in [-0.15, -0.1) is 0 Å². The molecule has 0 aromatic carbocycles. The van der Waals surface area contributed by atoms with E-state index in [4.69, 9.17) is 10.2 Å². The summed E-state index contributed by atoms with van der Waals surface area (Å²) < 4.78 is 0. The maximum absolute atomic E-state index is 8.90. The monoisotopic (exact) mass is 219 g/mol. The molecule has 3 N–H and O–H groups in total. The second-order valence-electron chi connectivity index (χ2n) is 3.45. The Morgan fingerprint density at radius 1 is 0.867 bits per heavy atom. The highest BCUT2D eigenvalue weighted by Gasteiger charge is 2.00. The molecule has 0 amide bonds. The normalized spacial score (nSPS) is 11.6. The predicted molar refractivity (Wildman–Crippen MR) is 61.5 cm³/mol. The van der Waals surface area contributed by atoms with Crippen LogP contribution in [0.1, 0.15) is 13.8 Å². The second-order valence-corrected chi connectivity index (χ2v) is 3.45. The van der Waals surface area contributed by atoms with Gasteiger partial charge in [-0.05, 0) is 13.1 Å². The fraction of sp³-hybridized carbons (Fsp3) is 1.00. The van der Waals surface area contributed by atoms with Crippen molar-refractivity contribution in [3.8, 4) is 0 Å². The molecule has 0 radical (unpaired) electrons. The summed E-state index contributed by atoms with van der Waals surface area (Å²) in [6.07, 6.45) is 0. The molecule has 0 rings (SSSR count). The van der Waals surface area contributed by atoms with E-state index in [-0.39, 0.29) is 13.5 Å². The summed E-state index contributed by atoms with van der Waals surface area (Å²) >= 11 is 0. The lowest BCUT2D eigenvalue weighted by atomic mass is 10.4. The molecule has 0 bridgehead atoms. The van der Waals surface area contributed by atoms with Crippen LogP contribution in [0.5, 0.6) is 0 Å². The molecule has 15 heavy (non-hydrogen) atoms. The Bertz CT molecular complexity index is 114. The molecule has 0 aliphatic heterocycles. The molecule has 0 fully saturated rings. The Balaban J connectivity index is 3.30. The smallest absolute Gasteiger partial charge is 0.0956 e. The van der Waals surface area contributed by atoms with Crippen molar-refractivity contribution in [2.45, 2.75) is 13.8 Å². The number of hydrogen-bond donors (Lipinski definition) is 3. The van der Waals surface area contributed by atoms with Crippen molar-refractivity contribution in [2.75, 3.05) is 52.7 Å². The van der Waals surface area contributed by atoms with Crippen LogP contribution in [-0.2, 0) is 0 Å². The fourth-order valence-electron chi connectivity index (χ4n) is 1.26. The Kier molecular flexibility index (Phi) is 10.2. The third-order valence-electron chi connectivity index (χ3n) is 2.50. The minimum absolute atomic E-state index is 0.121. The zero-order chi connectivity index (χ0) is 11.5. The zero-order valence-electron chi connectivity index (χ0n) is 9.95. The summed E-state index contributed by atoms with van der Waals surface area (Å²) in [5.74, 6) is 0. The van der Waals surface area contributed by atoms with Gasteiger partial charge in [0.05, 0.1) is 13.5 Å². The van der Waals surface area contributed by atoms with Crippen LogP contribution in [0.25, 0.3) is 0 Å². The van der Waals surface area contributed by atoms with Crippen LogP contribution in [0.2, 0.25) is 0 Å². The second kappa shape index (κ2) is 10.3. The standard InChI is InChI=1S/C10H25N3O2/c1-3-12(9-14)7-5-11-6-8-13(4-2)10-15/h11,14-15H,3-10H2,1-2H3. The number of nitrogens with zero attached hydrogens (tertiary/aromatic N) is 2. The van der Waals surface area contributed by atoms with E-state index in [9.17, 15) is 0 Å². The molecule has 0 saturated heterocycles. The highest BCUT2D eigenvalue weighted by molar-refractivity contribution is 4.57. The predicted octanol–water partition coefficient (Wildman–Crippen LogP) is -0.881. The first kappa shape index (κ1) is 14.8. The molecule has 92 valence electrons. The Labute approximate surface area is 92.7 Å². The van der Waals surface area contributed by atoms with Crippen molar-refractivity contribution in [3.63, 3.8) is 0 Å². The maximum atomic E-state index is 8.90. The van der Waals surface area contributed by atoms with Crippen molar-refractivity contribution in [1.82, 2.24) is 15.1 Å². The van der Waals surface area contributed by atoms with Gasteiger partial charge in [0.15, 0.2) is 0 Å². The Morgan fingerprint density at radius 3 is 1.53 bits per heavy atom. The summed E-state index contributed by atoms with van der Waals surface area (Å²) in [6, 6.07) is 0. The molecule has 0 aromatic rings. The number of aliphatic hydroxyl groups excluding tert-OH is 2. The minimum atomic E-state index is 0.121. The largest absolute Gasteiger partial charge is 0.381 e. The van der Waals surface area contributed by atoms with Crippen molar-refractivity contribution in [2.24, 2.45) is 0 Å². The van der Waals surface area contributed by atoms with E-state index in [2.05, 4.69) is 5.32 Å². The van der Waals surface area contributed by atoms with Gasteiger partial charge in [0.2, 0.25) is 0 Å². The van der Waals surface area contributed by atoms with Crippen molar-refractivity contribution in [1.29, 1.82) is 0 Å². The van der Waals surface area contributed by atoms with Crippen molar-refractivity contribution >= 4 is 0 Å². The quantitative estimate of drug-likeness (QED) is 0.329. The Morgan fingerprint density at radius 2 is 1.27 bits per heavy atom. The van der Waals surface area contributed by atoms with Crippen LogP contribution in [0, 0.1) is 0 Å². The van der Waals surface area contributed by atoms with E-state index in [0.717, 1.165) is 39.3 Å². The van der Waals surface area contributed by atoms with Crippen LogP contribution in [0.4, 0.5) is 0 Å².